The molecule has 20 heavy (non-hydrogen) atoms. The lowest BCUT2D eigenvalue weighted by Gasteiger charge is -2.21. The van der Waals surface area contributed by atoms with E-state index in [9.17, 15) is 10.1 Å². The third-order valence-electron chi connectivity index (χ3n) is 3.22. The fourth-order valence-corrected chi connectivity index (χ4v) is 3.97. The van der Waals surface area contributed by atoms with E-state index in [1.54, 1.807) is 17.8 Å². The monoisotopic (exact) mass is 330 g/mol. The average molecular weight is 331 g/mol. The molecule has 1 aliphatic carbocycles. The van der Waals surface area contributed by atoms with Crippen LogP contribution in [0.15, 0.2) is 18.2 Å². The molecular formula is C13H15ClN2O2S2. The van der Waals surface area contributed by atoms with Gasteiger partial charge in [0.05, 0.1) is 4.92 Å². The summed E-state index contributed by atoms with van der Waals surface area (Å²) in [6.07, 6.45) is 6.19. The first-order valence-electron chi connectivity index (χ1n) is 6.48. The van der Waals surface area contributed by atoms with Gasteiger partial charge in [-0.1, -0.05) is 54.8 Å². The van der Waals surface area contributed by atoms with Crippen molar-refractivity contribution in [1.29, 1.82) is 0 Å². The molecule has 0 heterocycles. The lowest BCUT2D eigenvalue weighted by Crippen LogP contribution is -2.14. The summed E-state index contributed by atoms with van der Waals surface area (Å²) in [5.41, 5.74) is 0.497. The van der Waals surface area contributed by atoms with Crippen LogP contribution in [0.3, 0.4) is 0 Å². The number of hydrogen-bond acceptors (Lipinski definition) is 4. The van der Waals surface area contributed by atoms with Gasteiger partial charge in [-0.2, -0.15) is 0 Å². The van der Waals surface area contributed by atoms with E-state index in [1.165, 1.54) is 44.2 Å². The van der Waals surface area contributed by atoms with Gasteiger partial charge in [-0.15, -0.1) is 0 Å². The molecule has 2 rings (SSSR count). The molecule has 0 unspecified atom stereocenters. The fourth-order valence-electron chi connectivity index (χ4n) is 2.21. The lowest BCUT2D eigenvalue weighted by molar-refractivity contribution is -0.384. The zero-order valence-electron chi connectivity index (χ0n) is 10.8. The number of nitrogens with zero attached hydrogens (tertiary/aromatic N) is 1. The van der Waals surface area contributed by atoms with E-state index in [2.05, 4.69) is 5.32 Å². The third kappa shape index (κ3) is 4.33. The number of halogens is 1. The molecule has 0 bridgehead atoms. The van der Waals surface area contributed by atoms with Crippen LogP contribution in [0.5, 0.6) is 0 Å². The summed E-state index contributed by atoms with van der Waals surface area (Å²) in [6.45, 7) is 0. The van der Waals surface area contributed by atoms with E-state index in [0.29, 0.717) is 15.3 Å². The summed E-state index contributed by atoms with van der Waals surface area (Å²) >= 11 is 12.7. The van der Waals surface area contributed by atoms with E-state index in [0.717, 1.165) is 0 Å². The Labute approximate surface area is 132 Å². The molecule has 0 radical (unpaired) electrons. The molecule has 1 saturated carbocycles. The molecule has 0 atom stereocenters. The van der Waals surface area contributed by atoms with Crippen LogP contribution in [0.25, 0.3) is 0 Å². The summed E-state index contributed by atoms with van der Waals surface area (Å²) in [7, 11) is 0. The second-order valence-electron chi connectivity index (χ2n) is 4.71. The van der Waals surface area contributed by atoms with Gasteiger partial charge in [0.1, 0.15) is 9.34 Å². The summed E-state index contributed by atoms with van der Waals surface area (Å²) < 4.78 is 0.661. The van der Waals surface area contributed by atoms with Crippen LogP contribution < -0.4 is 5.32 Å². The van der Waals surface area contributed by atoms with Crippen molar-refractivity contribution in [1.82, 2.24) is 0 Å². The van der Waals surface area contributed by atoms with Crippen molar-refractivity contribution in [3.63, 3.8) is 0 Å². The molecule has 1 fully saturated rings. The Morgan fingerprint density at radius 3 is 2.75 bits per heavy atom. The van der Waals surface area contributed by atoms with Crippen LogP contribution in [0.4, 0.5) is 11.4 Å². The van der Waals surface area contributed by atoms with E-state index >= 15 is 0 Å². The third-order valence-corrected chi connectivity index (χ3v) is 5.05. The van der Waals surface area contributed by atoms with Crippen LogP contribution >= 0.6 is 35.6 Å². The van der Waals surface area contributed by atoms with Gasteiger partial charge in [-0.05, 0) is 25.0 Å². The van der Waals surface area contributed by atoms with Crippen molar-refractivity contribution in [3.8, 4) is 0 Å². The summed E-state index contributed by atoms with van der Waals surface area (Å²) in [4.78, 5) is 10.3. The molecule has 4 nitrogen and oxygen atoms in total. The second kappa shape index (κ2) is 7.24. The van der Waals surface area contributed by atoms with Gasteiger partial charge < -0.3 is 5.32 Å². The Morgan fingerprint density at radius 2 is 2.10 bits per heavy atom. The van der Waals surface area contributed by atoms with Crippen LogP contribution in [0, 0.1) is 10.1 Å². The minimum atomic E-state index is -0.495. The minimum absolute atomic E-state index is 0.109. The molecule has 0 amide bonds. The number of nitrogens with one attached hydrogen (secondary N) is 1. The predicted molar refractivity (Wildman–Crippen MR) is 88.8 cm³/mol. The molecule has 1 aromatic rings. The first-order chi connectivity index (χ1) is 9.56. The average Bonchev–Trinajstić information content (AvgIpc) is 2.41. The molecule has 0 saturated heterocycles. The number of rotatable bonds is 3. The van der Waals surface area contributed by atoms with Gasteiger partial charge in [0.25, 0.3) is 5.69 Å². The molecule has 7 heteroatoms. The zero-order valence-corrected chi connectivity index (χ0v) is 13.2. The highest BCUT2D eigenvalue weighted by Crippen LogP contribution is 2.31. The summed E-state index contributed by atoms with van der Waals surface area (Å²) in [5.74, 6) is 0. The Balaban J connectivity index is 1.96. The highest BCUT2D eigenvalue weighted by molar-refractivity contribution is 8.23. The highest BCUT2D eigenvalue weighted by Gasteiger charge is 2.17. The van der Waals surface area contributed by atoms with Crippen molar-refractivity contribution in [2.75, 3.05) is 5.32 Å². The smallest absolute Gasteiger partial charge is 0.289 e. The molecule has 1 N–H and O–H groups in total. The number of hydrogen-bond donors (Lipinski definition) is 1. The molecule has 108 valence electrons. The quantitative estimate of drug-likeness (QED) is 0.479. The Kier molecular flexibility index (Phi) is 5.63. The SMILES string of the molecule is O=[N+]([O-])c1cc(NC(=S)SC2CCCCC2)ccc1Cl. The van der Waals surface area contributed by atoms with Gasteiger partial charge in [0, 0.05) is 17.0 Å². The van der Waals surface area contributed by atoms with Crippen molar-refractivity contribution >= 4 is 51.3 Å². The van der Waals surface area contributed by atoms with Crippen molar-refractivity contribution in [3.05, 3.63) is 33.3 Å². The van der Waals surface area contributed by atoms with Crippen molar-refractivity contribution < 1.29 is 4.92 Å². The molecule has 0 aliphatic heterocycles. The number of thioether (sulfide) groups is 1. The normalized spacial score (nSPS) is 15.8. The lowest BCUT2D eigenvalue weighted by atomic mass is 10.0. The highest BCUT2D eigenvalue weighted by atomic mass is 35.5. The molecule has 1 aromatic carbocycles. The largest absolute Gasteiger partial charge is 0.341 e. The molecule has 0 spiro atoms. The zero-order chi connectivity index (χ0) is 14.5. The topological polar surface area (TPSA) is 55.2 Å². The number of anilines is 1. The number of benzene rings is 1. The second-order valence-corrected chi connectivity index (χ2v) is 7.10. The van der Waals surface area contributed by atoms with E-state index in [-0.39, 0.29) is 10.7 Å². The minimum Gasteiger partial charge on any atom is -0.341 e. The van der Waals surface area contributed by atoms with Crippen LogP contribution in [-0.4, -0.2) is 14.5 Å². The number of nitro groups is 1. The Morgan fingerprint density at radius 1 is 1.40 bits per heavy atom. The van der Waals surface area contributed by atoms with Crippen LogP contribution in [0.1, 0.15) is 32.1 Å². The van der Waals surface area contributed by atoms with Gasteiger partial charge in [0.2, 0.25) is 0 Å². The van der Waals surface area contributed by atoms with E-state index < -0.39 is 4.92 Å². The molecule has 0 aromatic heterocycles. The standard InChI is InChI=1S/C13H15ClN2O2S2/c14-11-7-6-9(8-12(11)16(17)18)15-13(19)20-10-4-2-1-3-5-10/h6-8,10H,1-5H2,(H,15,19). The Hall–Kier alpha value is -0.850. The van der Waals surface area contributed by atoms with Gasteiger partial charge in [-0.3, -0.25) is 10.1 Å². The van der Waals surface area contributed by atoms with Gasteiger partial charge in [0.15, 0.2) is 0 Å². The van der Waals surface area contributed by atoms with Crippen LogP contribution in [-0.2, 0) is 0 Å². The van der Waals surface area contributed by atoms with Gasteiger partial charge >= 0.3 is 0 Å². The Bertz CT molecular complexity index is 519. The molecule has 1 aliphatic rings. The maximum absolute atomic E-state index is 10.8. The van der Waals surface area contributed by atoms with Crippen molar-refractivity contribution in [2.24, 2.45) is 0 Å². The first-order valence-corrected chi connectivity index (χ1v) is 8.14. The first kappa shape index (κ1) is 15.5. The maximum atomic E-state index is 10.8. The van der Waals surface area contributed by atoms with E-state index in [4.69, 9.17) is 23.8 Å². The van der Waals surface area contributed by atoms with Crippen LogP contribution in [0.2, 0.25) is 5.02 Å². The fraction of sp³-hybridized carbons (Fsp3) is 0.462. The number of thiocarbonyl (C=S) groups is 1. The summed E-state index contributed by atoms with van der Waals surface area (Å²) in [6, 6.07) is 4.62. The summed E-state index contributed by atoms with van der Waals surface area (Å²) in [5, 5.41) is 14.6. The predicted octanol–water partition coefficient (Wildman–Crippen LogP) is 5.01. The van der Waals surface area contributed by atoms with E-state index in [1.807, 2.05) is 0 Å². The maximum Gasteiger partial charge on any atom is 0.289 e. The number of nitro benzene ring substituents is 1. The van der Waals surface area contributed by atoms with Gasteiger partial charge in [-0.25, -0.2) is 0 Å². The molecular weight excluding hydrogens is 316 g/mol. The van der Waals surface area contributed by atoms with Crippen molar-refractivity contribution in [2.45, 2.75) is 37.4 Å².